The summed E-state index contributed by atoms with van der Waals surface area (Å²) in [5, 5.41) is 4.72. The number of fused-ring (bicyclic) bond motifs is 1. The van der Waals surface area contributed by atoms with Gasteiger partial charge in [0.2, 0.25) is 11.9 Å². The van der Waals surface area contributed by atoms with Gasteiger partial charge in [-0.25, -0.2) is 4.98 Å². The average molecular weight is 460 g/mol. The molecule has 1 amide bonds. The first-order valence-corrected chi connectivity index (χ1v) is 11.4. The van der Waals surface area contributed by atoms with Crippen LogP contribution in [0.3, 0.4) is 0 Å². The van der Waals surface area contributed by atoms with E-state index in [0.717, 1.165) is 23.5 Å². The van der Waals surface area contributed by atoms with Crippen LogP contribution in [0.15, 0.2) is 30.6 Å². The van der Waals surface area contributed by atoms with E-state index in [-0.39, 0.29) is 23.7 Å². The largest absolute Gasteiger partial charge is 0.382 e. The predicted octanol–water partition coefficient (Wildman–Crippen LogP) is 2.18. The molecule has 1 fully saturated rings. The van der Waals surface area contributed by atoms with Crippen LogP contribution in [-0.4, -0.2) is 53.2 Å². The fourth-order valence-corrected chi connectivity index (χ4v) is 4.56. The minimum atomic E-state index is 0.100. The average Bonchev–Trinajstić information content (AvgIpc) is 3.28. The fraction of sp³-hybridized carbons (Fsp3) is 0.375. The zero-order chi connectivity index (χ0) is 24.0. The molecule has 4 N–H and O–H groups in total. The normalized spacial score (nSPS) is 14.0. The summed E-state index contributed by atoms with van der Waals surface area (Å²) in [5.41, 5.74) is 18.5. The molecule has 1 aliphatic heterocycles. The first kappa shape index (κ1) is 21.9. The Bertz CT molecular complexity index is 1360. The van der Waals surface area contributed by atoms with E-state index in [2.05, 4.69) is 53.1 Å². The number of likely N-dealkylation sites (tertiary alicyclic amines) is 1. The van der Waals surface area contributed by atoms with Crippen molar-refractivity contribution >= 4 is 28.8 Å². The lowest BCUT2D eigenvalue weighted by Crippen LogP contribution is -2.50. The van der Waals surface area contributed by atoms with Crippen molar-refractivity contribution in [2.75, 3.05) is 24.6 Å². The smallest absolute Gasteiger partial charge is 0.224 e. The minimum absolute atomic E-state index is 0.100. The Hall–Kier alpha value is -3.95. The zero-order valence-electron chi connectivity index (χ0n) is 19.7. The molecule has 10 nitrogen and oxygen atoms in total. The van der Waals surface area contributed by atoms with Crippen LogP contribution in [0.2, 0.25) is 0 Å². The molecular formula is C24H29N9O. The SMILES string of the molecule is Cc1ccc(Cn2nc(C)c(CCC(=O)N3CC(n4cnc5c(N)nc(N)nc54)C3)c2C)cc1. The van der Waals surface area contributed by atoms with Crippen molar-refractivity contribution in [3.8, 4) is 0 Å². The van der Waals surface area contributed by atoms with Crippen LogP contribution in [0.5, 0.6) is 0 Å². The molecule has 10 heteroatoms. The van der Waals surface area contributed by atoms with Gasteiger partial charge >= 0.3 is 0 Å². The molecule has 0 radical (unpaired) electrons. The van der Waals surface area contributed by atoms with Gasteiger partial charge in [-0.3, -0.25) is 9.48 Å². The number of hydrogen-bond donors (Lipinski definition) is 2. The number of carbonyl (C=O) groups excluding carboxylic acids is 1. The monoisotopic (exact) mass is 459 g/mol. The van der Waals surface area contributed by atoms with Crippen molar-refractivity contribution in [2.24, 2.45) is 0 Å². The summed E-state index contributed by atoms with van der Waals surface area (Å²) in [6, 6.07) is 8.60. The Labute approximate surface area is 197 Å². The lowest BCUT2D eigenvalue weighted by Gasteiger charge is -2.40. The maximum atomic E-state index is 12.8. The third-order valence-corrected chi connectivity index (χ3v) is 6.65. The number of nitrogens with zero attached hydrogens (tertiary/aromatic N) is 7. The summed E-state index contributed by atoms with van der Waals surface area (Å²) >= 11 is 0. The topological polar surface area (TPSA) is 134 Å². The molecule has 4 aromatic rings. The van der Waals surface area contributed by atoms with Gasteiger partial charge in [-0.2, -0.15) is 15.1 Å². The quantitative estimate of drug-likeness (QED) is 0.451. The van der Waals surface area contributed by atoms with E-state index in [4.69, 9.17) is 16.6 Å². The molecule has 176 valence electrons. The number of imidazole rings is 1. The van der Waals surface area contributed by atoms with Gasteiger partial charge in [0, 0.05) is 25.2 Å². The van der Waals surface area contributed by atoms with Gasteiger partial charge in [0.15, 0.2) is 11.5 Å². The summed E-state index contributed by atoms with van der Waals surface area (Å²) in [6.07, 6.45) is 2.83. The Morgan fingerprint density at radius 1 is 1.09 bits per heavy atom. The van der Waals surface area contributed by atoms with Crippen LogP contribution in [-0.2, 0) is 17.8 Å². The second-order valence-corrected chi connectivity index (χ2v) is 9.04. The Morgan fingerprint density at radius 3 is 2.56 bits per heavy atom. The Balaban J connectivity index is 1.20. The minimum Gasteiger partial charge on any atom is -0.382 e. The predicted molar refractivity (Wildman–Crippen MR) is 130 cm³/mol. The van der Waals surface area contributed by atoms with Gasteiger partial charge < -0.3 is 20.9 Å². The molecule has 0 unspecified atom stereocenters. The van der Waals surface area contributed by atoms with Crippen LogP contribution in [0.4, 0.5) is 11.8 Å². The van der Waals surface area contributed by atoms with Crippen LogP contribution in [0.1, 0.15) is 40.5 Å². The second-order valence-electron chi connectivity index (χ2n) is 9.04. The van der Waals surface area contributed by atoms with Gasteiger partial charge in [0.05, 0.1) is 24.6 Å². The number of nitrogens with two attached hydrogens (primary N) is 2. The molecule has 5 rings (SSSR count). The molecule has 0 spiro atoms. The van der Waals surface area contributed by atoms with E-state index >= 15 is 0 Å². The van der Waals surface area contributed by atoms with Crippen LogP contribution >= 0.6 is 0 Å². The van der Waals surface area contributed by atoms with E-state index in [1.165, 1.54) is 11.1 Å². The summed E-state index contributed by atoms with van der Waals surface area (Å²) in [7, 11) is 0. The highest BCUT2D eigenvalue weighted by Gasteiger charge is 2.33. The maximum Gasteiger partial charge on any atom is 0.224 e. The molecule has 1 saturated heterocycles. The molecule has 1 aliphatic rings. The van der Waals surface area contributed by atoms with Gasteiger partial charge in [-0.05, 0) is 38.3 Å². The lowest BCUT2D eigenvalue weighted by molar-refractivity contribution is -0.136. The molecule has 0 bridgehead atoms. The van der Waals surface area contributed by atoms with Crippen LogP contribution in [0, 0.1) is 20.8 Å². The number of anilines is 2. The molecule has 0 aliphatic carbocycles. The van der Waals surface area contributed by atoms with E-state index in [1.807, 2.05) is 21.1 Å². The van der Waals surface area contributed by atoms with E-state index in [1.54, 1.807) is 6.33 Å². The third-order valence-electron chi connectivity index (χ3n) is 6.65. The third kappa shape index (κ3) is 3.95. The van der Waals surface area contributed by atoms with Crippen molar-refractivity contribution < 1.29 is 4.79 Å². The number of aromatic nitrogens is 6. The summed E-state index contributed by atoms with van der Waals surface area (Å²) in [5.74, 6) is 0.522. The van der Waals surface area contributed by atoms with Crippen molar-refractivity contribution in [3.63, 3.8) is 0 Å². The summed E-state index contributed by atoms with van der Waals surface area (Å²) in [6.45, 7) is 8.13. The molecule has 1 aromatic carbocycles. The summed E-state index contributed by atoms with van der Waals surface area (Å²) < 4.78 is 3.96. The molecule has 4 heterocycles. The highest BCUT2D eigenvalue weighted by Crippen LogP contribution is 2.27. The fourth-order valence-electron chi connectivity index (χ4n) is 4.56. The van der Waals surface area contributed by atoms with Crippen molar-refractivity contribution in [2.45, 2.75) is 46.2 Å². The lowest BCUT2D eigenvalue weighted by atomic mass is 10.0. The first-order valence-electron chi connectivity index (χ1n) is 11.4. The molecule has 3 aromatic heterocycles. The number of hydrogen-bond acceptors (Lipinski definition) is 7. The highest BCUT2D eigenvalue weighted by molar-refractivity contribution is 5.83. The molecular weight excluding hydrogens is 430 g/mol. The number of nitrogen functional groups attached to an aromatic ring is 2. The highest BCUT2D eigenvalue weighted by atomic mass is 16.2. The van der Waals surface area contributed by atoms with Crippen molar-refractivity contribution in [1.29, 1.82) is 0 Å². The number of aryl methyl sites for hydroxylation is 2. The van der Waals surface area contributed by atoms with Crippen molar-refractivity contribution in [3.05, 3.63) is 58.7 Å². The van der Waals surface area contributed by atoms with Crippen molar-refractivity contribution in [1.82, 2.24) is 34.2 Å². The number of amides is 1. The van der Waals surface area contributed by atoms with Gasteiger partial charge in [0.25, 0.3) is 0 Å². The second kappa shape index (κ2) is 8.44. The van der Waals surface area contributed by atoms with Gasteiger partial charge in [0.1, 0.15) is 5.52 Å². The molecule has 0 saturated carbocycles. The van der Waals surface area contributed by atoms with E-state index in [9.17, 15) is 4.79 Å². The van der Waals surface area contributed by atoms with Gasteiger partial charge in [-0.15, -0.1) is 0 Å². The first-order chi connectivity index (χ1) is 16.3. The number of carbonyl (C=O) groups is 1. The zero-order valence-corrected chi connectivity index (χ0v) is 19.7. The number of rotatable bonds is 6. The molecule has 0 atom stereocenters. The van der Waals surface area contributed by atoms with E-state index in [0.29, 0.717) is 37.1 Å². The maximum absolute atomic E-state index is 12.8. The molecule has 34 heavy (non-hydrogen) atoms. The van der Waals surface area contributed by atoms with Gasteiger partial charge in [-0.1, -0.05) is 29.8 Å². The van der Waals surface area contributed by atoms with E-state index < -0.39 is 0 Å². The standard InChI is InChI=1S/C24H29N9O/c1-14-4-6-17(7-5-14)10-33-16(3)19(15(2)30-33)8-9-20(34)31-11-18(12-31)32-13-27-21-22(25)28-24(26)29-23(21)32/h4-7,13,18H,8-12H2,1-3H3,(H4,25,26,28,29). The van der Waals surface area contributed by atoms with Crippen LogP contribution in [0.25, 0.3) is 11.2 Å². The van der Waals surface area contributed by atoms with Crippen LogP contribution < -0.4 is 11.5 Å². The Morgan fingerprint density at radius 2 is 1.82 bits per heavy atom. The Kier molecular flexibility index (Phi) is 5.43. The summed E-state index contributed by atoms with van der Waals surface area (Å²) in [4.78, 5) is 27.3. The number of benzene rings is 1.